The van der Waals surface area contributed by atoms with Crippen molar-refractivity contribution in [2.75, 3.05) is 29.9 Å². The number of hydrogen-bond donors (Lipinski definition) is 2. The van der Waals surface area contributed by atoms with Crippen molar-refractivity contribution in [3.05, 3.63) is 23.8 Å². The molecular weight excluding hydrogens is 357 g/mol. The molecule has 1 saturated heterocycles. The van der Waals surface area contributed by atoms with Gasteiger partial charge in [0.15, 0.2) is 0 Å². The predicted octanol–water partition coefficient (Wildman–Crippen LogP) is 3.77. The standard InChI is InChI=1S/C19H25F3N4O/c1-13(2)18(3,12-23)25-17(27)11-24-15-10-14(19(20,21)22)6-7-16(15)26-8-4-5-9-26/h6-7,10,13,24H,4-5,8-9,11H2,1-3H3,(H,25,27)/t18-/m1/s1. The molecule has 1 heterocycles. The molecule has 0 aromatic heterocycles. The molecule has 1 aliphatic rings. The first kappa shape index (κ1) is 20.9. The van der Waals surface area contributed by atoms with E-state index >= 15 is 0 Å². The van der Waals surface area contributed by atoms with Crippen molar-refractivity contribution in [3.8, 4) is 6.07 Å². The van der Waals surface area contributed by atoms with Crippen LogP contribution in [0, 0.1) is 17.2 Å². The van der Waals surface area contributed by atoms with Gasteiger partial charge in [-0.2, -0.15) is 18.4 Å². The van der Waals surface area contributed by atoms with Gasteiger partial charge in [-0.25, -0.2) is 0 Å². The monoisotopic (exact) mass is 382 g/mol. The zero-order chi connectivity index (χ0) is 20.2. The molecule has 1 fully saturated rings. The number of carbonyl (C=O) groups excluding carboxylic acids is 1. The molecule has 1 aromatic carbocycles. The highest BCUT2D eigenvalue weighted by Crippen LogP contribution is 2.36. The van der Waals surface area contributed by atoms with Crippen LogP contribution in [0.3, 0.4) is 0 Å². The molecule has 148 valence electrons. The van der Waals surface area contributed by atoms with Gasteiger partial charge < -0.3 is 15.5 Å². The smallest absolute Gasteiger partial charge is 0.374 e. The summed E-state index contributed by atoms with van der Waals surface area (Å²) in [6.45, 7) is 6.57. The molecule has 0 unspecified atom stereocenters. The average Bonchev–Trinajstić information content (AvgIpc) is 3.13. The Morgan fingerprint density at radius 2 is 1.93 bits per heavy atom. The first-order chi connectivity index (χ1) is 12.6. The van der Waals surface area contributed by atoms with Gasteiger partial charge in [-0.15, -0.1) is 0 Å². The second kappa shape index (κ2) is 8.07. The second-order valence-corrected chi connectivity index (χ2v) is 7.29. The van der Waals surface area contributed by atoms with E-state index in [0.29, 0.717) is 5.69 Å². The highest BCUT2D eigenvalue weighted by molar-refractivity contribution is 5.84. The van der Waals surface area contributed by atoms with Gasteiger partial charge in [-0.3, -0.25) is 4.79 Å². The van der Waals surface area contributed by atoms with E-state index in [2.05, 4.69) is 16.7 Å². The van der Waals surface area contributed by atoms with Crippen molar-refractivity contribution in [1.82, 2.24) is 5.32 Å². The van der Waals surface area contributed by atoms with Crippen LogP contribution >= 0.6 is 0 Å². The Hall–Kier alpha value is -2.43. The van der Waals surface area contributed by atoms with Crippen LogP contribution in [0.2, 0.25) is 0 Å². The van der Waals surface area contributed by atoms with Crippen LogP contribution in [0.15, 0.2) is 18.2 Å². The van der Waals surface area contributed by atoms with Crippen LogP contribution in [0.1, 0.15) is 39.2 Å². The fourth-order valence-corrected chi connectivity index (χ4v) is 2.90. The van der Waals surface area contributed by atoms with Crippen molar-refractivity contribution in [2.24, 2.45) is 5.92 Å². The fraction of sp³-hybridized carbons (Fsp3) is 0.579. The van der Waals surface area contributed by atoms with Crippen LogP contribution in [0.5, 0.6) is 0 Å². The van der Waals surface area contributed by atoms with Crippen LogP contribution in [0.4, 0.5) is 24.5 Å². The number of alkyl halides is 3. The van der Waals surface area contributed by atoms with Gasteiger partial charge in [0.05, 0.1) is 29.6 Å². The van der Waals surface area contributed by atoms with E-state index < -0.39 is 23.2 Å². The van der Waals surface area contributed by atoms with Crippen molar-refractivity contribution in [3.63, 3.8) is 0 Å². The molecule has 1 aliphatic heterocycles. The summed E-state index contributed by atoms with van der Waals surface area (Å²) in [7, 11) is 0. The average molecular weight is 382 g/mol. The van der Waals surface area contributed by atoms with E-state index in [1.165, 1.54) is 6.07 Å². The summed E-state index contributed by atoms with van der Waals surface area (Å²) < 4.78 is 39.2. The quantitative estimate of drug-likeness (QED) is 0.786. The Balaban J connectivity index is 2.18. The minimum Gasteiger partial charge on any atom is -0.374 e. The fourth-order valence-electron chi connectivity index (χ4n) is 2.90. The number of nitriles is 1. The molecule has 2 N–H and O–H groups in total. The normalized spacial score (nSPS) is 16.7. The van der Waals surface area contributed by atoms with Crippen molar-refractivity contribution in [2.45, 2.75) is 45.3 Å². The van der Waals surface area contributed by atoms with E-state index in [0.717, 1.165) is 38.1 Å². The summed E-state index contributed by atoms with van der Waals surface area (Å²) in [5.41, 5.74) is -0.882. The molecule has 8 heteroatoms. The van der Waals surface area contributed by atoms with Crippen LogP contribution in [-0.4, -0.2) is 31.1 Å². The highest BCUT2D eigenvalue weighted by atomic mass is 19.4. The van der Waals surface area contributed by atoms with Gasteiger partial charge in [0.2, 0.25) is 5.91 Å². The number of amides is 1. The number of halogens is 3. The third kappa shape index (κ3) is 5.06. The number of carbonyl (C=O) groups is 1. The lowest BCUT2D eigenvalue weighted by molar-refractivity contribution is -0.137. The lowest BCUT2D eigenvalue weighted by Crippen LogP contribution is -2.50. The maximum absolute atomic E-state index is 13.1. The van der Waals surface area contributed by atoms with Crippen LogP contribution in [-0.2, 0) is 11.0 Å². The summed E-state index contributed by atoms with van der Waals surface area (Å²) in [6.07, 6.45) is -2.50. The van der Waals surface area contributed by atoms with Crippen molar-refractivity contribution >= 4 is 17.3 Å². The Morgan fingerprint density at radius 1 is 1.30 bits per heavy atom. The first-order valence-corrected chi connectivity index (χ1v) is 8.99. The molecule has 0 bridgehead atoms. The molecule has 0 spiro atoms. The largest absolute Gasteiger partial charge is 0.416 e. The van der Waals surface area contributed by atoms with E-state index in [-0.39, 0.29) is 18.2 Å². The molecule has 1 aromatic rings. The Bertz CT molecular complexity index is 721. The van der Waals surface area contributed by atoms with E-state index in [4.69, 9.17) is 0 Å². The molecule has 0 aliphatic carbocycles. The van der Waals surface area contributed by atoms with Gasteiger partial charge >= 0.3 is 6.18 Å². The molecular formula is C19H25F3N4O. The summed E-state index contributed by atoms with van der Waals surface area (Å²) in [5.74, 6) is -0.558. The Morgan fingerprint density at radius 3 is 2.44 bits per heavy atom. The van der Waals surface area contributed by atoms with Gasteiger partial charge in [0.25, 0.3) is 0 Å². The number of nitrogens with one attached hydrogen (secondary N) is 2. The number of benzene rings is 1. The number of nitrogens with zero attached hydrogens (tertiary/aromatic N) is 2. The minimum absolute atomic E-state index is 0.111. The van der Waals surface area contributed by atoms with Gasteiger partial charge in [-0.05, 0) is 43.9 Å². The summed E-state index contributed by atoms with van der Waals surface area (Å²) >= 11 is 0. The summed E-state index contributed by atoms with van der Waals surface area (Å²) in [4.78, 5) is 14.3. The first-order valence-electron chi connectivity index (χ1n) is 8.99. The third-order valence-corrected chi connectivity index (χ3v) is 5.00. The minimum atomic E-state index is -4.46. The zero-order valence-electron chi connectivity index (χ0n) is 15.8. The molecule has 27 heavy (non-hydrogen) atoms. The zero-order valence-corrected chi connectivity index (χ0v) is 15.8. The number of rotatable bonds is 6. The van der Waals surface area contributed by atoms with E-state index in [1.807, 2.05) is 18.7 Å². The molecule has 5 nitrogen and oxygen atoms in total. The third-order valence-electron chi connectivity index (χ3n) is 5.00. The maximum atomic E-state index is 13.1. The van der Waals surface area contributed by atoms with Crippen LogP contribution in [0.25, 0.3) is 0 Å². The molecule has 0 radical (unpaired) electrons. The molecule has 0 saturated carbocycles. The molecule has 1 atom stereocenters. The van der Waals surface area contributed by atoms with Gasteiger partial charge in [-0.1, -0.05) is 13.8 Å². The summed E-state index contributed by atoms with van der Waals surface area (Å²) in [5, 5.41) is 14.8. The van der Waals surface area contributed by atoms with Gasteiger partial charge in [0.1, 0.15) is 5.54 Å². The SMILES string of the molecule is CC(C)[C@@](C)(C#N)NC(=O)CNc1cc(C(F)(F)F)ccc1N1CCCC1. The maximum Gasteiger partial charge on any atom is 0.416 e. The second-order valence-electron chi connectivity index (χ2n) is 7.29. The number of hydrogen-bond acceptors (Lipinski definition) is 4. The van der Waals surface area contributed by atoms with E-state index in [1.54, 1.807) is 6.92 Å². The highest BCUT2D eigenvalue weighted by Gasteiger charge is 2.32. The lowest BCUT2D eigenvalue weighted by Gasteiger charge is -2.28. The van der Waals surface area contributed by atoms with E-state index in [9.17, 15) is 23.2 Å². The Kier molecular flexibility index (Phi) is 6.24. The predicted molar refractivity (Wildman–Crippen MR) is 98.4 cm³/mol. The molecule has 2 rings (SSSR count). The van der Waals surface area contributed by atoms with Gasteiger partial charge in [0, 0.05) is 13.1 Å². The van der Waals surface area contributed by atoms with Crippen molar-refractivity contribution < 1.29 is 18.0 Å². The number of anilines is 2. The lowest BCUT2D eigenvalue weighted by atomic mass is 9.90. The molecule has 1 amide bonds. The van der Waals surface area contributed by atoms with Crippen LogP contribution < -0.4 is 15.5 Å². The Labute approximate surface area is 157 Å². The topological polar surface area (TPSA) is 68.2 Å². The summed E-state index contributed by atoms with van der Waals surface area (Å²) in [6, 6.07) is 5.62. The van der Waals surface area contributed by atoms with Crippen molar-refractivity contribution in [1.29, 1.82) is 5.26 Å².